The quantitative estimate of drug-likeness (QED) is 0.388. The van der Waals surface area contributed by atoms with E-state index >= 15 is 0 Å². The number of para-hydroxylation sites is 2. The smallest absolute Gasteiger partial charge is 0.223 e. The number of hydrogen-bond donors (Lipinski definition) is 1. The van der Waals surface area contributed by atoms with Crippen LogP contribution in [-0.4, -0.2) is 41.8 Å². The number of halogens is 1. The van der Waals surface area contributed by atoms with Gasteiger partial charge in [0.15, 0.2) is 11.5 Å². The lowest BCUT2D eigenvalue weighted by atomic mass is 9.95. The molecule has 38 heavy (non-hydrogen) atoms. The van der Waals surface area contributed by atoms with Crippen LogP contribution in [0.25, 0.3) is 11.0 Å². The van der Waals surface area contributed by atoms with Gasteiger partial charge in [-0.1, -0.05) is 30.3 Å². The minimum absolute atomic E-state index is 0.0548. The van der Waals surface area contributed by atoms with Gasteiger partial charge in [-0.05, 0) is 67.3 Å². The van der Waals surface area contributed by atoms with Crippen molar-refractivity contribution in [2.75, 3.05) is 31.2 Å². The summed E-state index contributed by atoms with van der Waals surface area (Å²) in [5.41, 5.74) is 3.98. The molecule has 0 saturated carbocycles. The zero-order valence-electron chi connectivity index (χ0n) is 21.4. The molecule has 8 heteroatoms. The summed E-state index contributed by atoms with van der Waals surface area (Å²) in [5.74, 6) is 2.14. The number of nitrogens with zero attached hydrogens (tertiary/aromatic N) is 3. The van der Waals surface area contributed by atoms with Crippen molar-refractivity contribution in [2.45, 2.75) is 32.4 Å². The summed E-state index contributed by atoms with van der Waals surface area (Å²) in [4.78, 5) is 20.4. The van der Waals surface area contributed by atoms with Crippen LogP contribution in [0.1, 0.15) is 36.9 Å². The number of nitrogens with one attached hydrogen (secondary N) is 1. The highest BCUT2D eigenvalue weighted by molar-refractivity contribution is 5.80. The third-order valence-corrected chi connectivity index (χ3v) is 7.46. The number of anilines is 1. The highest BCUT2D eigenvalue weighted by Crippen LogP contribution is 2.33. The standard InChI is InChI=1S/C30H31FN4O3/c1-20(23-8-11-27-28(18-23)38-17-16-37-27)32-29(36)22-12-14-34(15-13-22)30-33-25-4-2-3-5-26(25)35(30)19-21-6-9-24(31)10-7-21/h2-11,18,20,22H,12-17,19H2,1H3,(H,32,36)/t20-/m0/s1. The molecule has 1 N–H and O–H groups in total. The first-order chi connectivity index (χ1) is 18.5. The molecule has 4 aromatic rings. The monoisotopic (exact) mass is 514 g/mol. The highest BCUT2D eigenvalue weighted by Gasteiger charge is 2.29. The normalized spacial score (nSPS) is 16.4. The number of carbonyl (C=O) groups excluding carboxylic acids is 1. The zero-order chi connectivity index (χ0) is 26.1. The Morgan fingerprint density at radius 3 is 2.55 bits per heavy atom. The molecule has 2 aliphatic heterocycles. The van der Waals surface area contributed by atoms with Gasteiger partial charge in [-0.3, -0.25) is 4.79 Å². The predicted octanol–water partition coefficient (Wildman–Crippen LogP) is 5.09. The molecule has 196 valence electrons. The van der Waals surface area contributed by atoms with E-state index < -0.39 is 0 Å². The van der Waals surface area contributed by atoms with Crippen molar-refractivity contribution < 1.29 is 18.7 Å². The second-order valence-corrected chi connectivity index (χ2v) is 10.0. The second kappa shape index (κ2) is 10.4. The van der Waals surface area contributed by atoms with E-state index in [-0.39, 0.29) is 23.7 Å². The van der Waals surface area contributed by atoms with Crippen LogP contribution in [-0.2, 0) is 11.3 Å². The topological polar surface area (TPSA) is 68.6 Å². The fraction of sp³-hybridized carbons (Fsp3) is 0.333. The van der Waals surface area contributed by atoms with E-state index in [4.69, 9.17) is 14.5 Å². The molecule has 6 rings (SSSR count). The van der Waals surface area contributed by atoms with Crippen molar-refractivity contribution in [3.8, 4) is 11.5 Å². The maximum atomic E-state index is 13.5. The third kappa shape index (κ3) is 4.90. The van der Waals surface area contributed by atoms with Gasteiger partial charge in [0.05, 0.1) is 23.6 Å². The van der Waals surface area contributed by atoms with Crippen LogP contribution >= 0.6 is 0 Å². The van der Waals surface area contributed by atoms with Crippen LogP contribution in [0.15, 0.2) is 66.7 Å². The molecule has 1 fully saturated rings. The summed E-state index contributed by atoms with van der Waals surface area (Å²) < 4.78 is 27.0. The first-order valence-electron chi connectivity index (χ1n) is 13.2. The van der Waals surface area contributed by atoms with Gasteiger partial charge in [-0.2, -0.15) is 0 Å². The van der Waals surface area contributed by atoms with Crippen molar-refractivity contribution in [1.29, 1.82) is 0 Å². The molecular formula is C30H31FN4O3. The molecule has 2 aliphatic rings. The van der Waals surface area contributed by atoms with Crippen LogP contribution in [0.2, 0.25) is 0 Å². The lowest BCUT2D eigenvalue weighted by Crippen LogP contribution is -2.42. The summed E-state index contributed by atoms with van der Waals surface area (Å²) in [5, 5.41) is 3.19. The van der Waals surface area contributed by atoms with Crippen LogP contribution in [0, 0.1) is 11.7 Å². The van der Waals surface area contributed by atoms with Crippen LogP contribution in [0.4, 0.5) is 10.3 Å². The van der Waals surface area contributed by atoms with Gasteiger partial charge < -0.3 is 24.3 Å². The lowest BCUT2D eigenvalue weighted by molar-refractivity contribution is -0.126. The van der Waals surface area contributed by atoms with Crippen LogP contribution < -0.4 is 19.7 Å². The largest absolute Gasteiger partial charge is 0.486 e. The number of carbonyl (C=O) groups is 1. The number of rotatable bonds is 6. The summed E-state index contributed by atoms with van der Waals surface area (Å²) >= 11 is 0. The average molecular weight is 515 g/mol. The number of hydrogen-bond acceptors (Lipinski definition) is 5. The fourth-order valence-electron chi connectivity index (χ4n) is 5.32. The van der Waals surface area contributed by atoms with Crippen molar-refractivity contribution in [3.63, 3.8) is 0 Å². The van der Waals surface area contributed by atoms with Gasteiger partial charge in [-0.15, -0.1) is 0 Å². The molecule has 3 heterocycles. The highest BCUT2D eigenvalue weighted by atomic mass is 19.1. The van der Waals surface area contributed by atoms with Gasteiger partial charge in [0.25, 0.3) is 0 Å². The van der Waals surface area contributed by atoms with E-state index in [9.17, 15) is 9.18 Å². The number of ether oxygens (including phenoxy) is 2. The summed E-state index contributed by atoms with van der Waals surface area (Å²) in [6.07, 6.45) is 1.50. The lowest BCUT2D eigenvalue weighted by Gasteiger charge is -2.33. The minimum Gasteiger partial charge on any atom is -0.486 e. The van der Waals surface area contributed by atoms with E-state index in [1.54, 1.807) is 0 Å². The SMILES string of the molecule is C[C@H](NC(=O)C1CCN(c2nc3ccccc3n2Cc2ccc(F)cc2)CC1)c1ccc2c(c1)OCCO2. The maximum Gasteiger partial charge on any atom is 0.223 e. The molecule has 0 radical (unpaired) electrons. The van der Waals surface area contributed by atoms with Gasteiger partial charge in [0.2, 0.25) is 11.9 Å². The molecule has 0 bridgehead atoms. The van der Waals surface area contributed by atoms with E-state index in [1.807, 2.05) is 55.5 Å². The second-order valence-electron chi connectivity index (χ2n) is 10.0. The molecule has 1 atom stereocenters. The van der Waals surface area contributed by atoms with Crippen molar-refractivity contribution in [1.82, 2.24) is 14.9 Å². The van der Waals surface area contributed by atoms with Crippen LogP contribution in [0.5, 0.6) is 11.5 Å². The first-order valence-corrected chi connectivity index (χ1v) is 13.2. The molecule has 1 amide bonds. The zero-order valence-corrected chi connectivity index (χ0v) is 21.4. The van der Waals surface area contributed by atoms with E-state index in [0.29, 0.717) is 19.8 Å². The van der Waals surface area contributed by atoms with Gasteiger partial charge in [0.1, 0.15) is 19.0 Å². The third-order valence-electron chi connectivity index (χ3n) is 7.46. The van der Waals surface area contributed by atoms with Crippen LogP contribution in [0.3, 0.4) is 0 Å². The van der Waals surface area contributed by atoms with Crippen molar-refractivity contribution in [2.24, 2.45) is 5.92 Å². The number of imidazole rings is 1. The number of aromatic nitrogens is 2. The number of amides is 1. The fourth-order valence-corrected chi connectivity index (χ4v) is 5.32. The molecule has 0 unspecified atom stereocenters. The van der Waals surface area contributed by atoms with Gasteiger partial charge in [0, 0.05) is 19.0 Å². The molecule has 1 aromatic heterocycles. The predicted molar refractivity (Wildman–Crippen MR) is 144 cm³/mol. The minimum atomic E-state index is -0.242. The Labute approximate surface area is 221 Å². The number of fused-ring (bicyclic) bond motifs is 2. The molecule has 1 saturated heterocycles. The van der Waals surface area contributed by atoms with E-state index in [0.717, 1.165) is 65.5 Å². The molecule has 3 aromatic carbocycles. The maximum absolute atomic E-state index is 13.5. The van der Waals surface area contributed by atoms with Crippen molar-refractivity contribution in [3.05, 3.63) is 83.7 Å². The Bertz CT molecular complexity index is 1440. The Morgan fingerprint density at radius 1 is 1.03 bits per heavy atom. The molecular weight excluding hydrogens is 483 g/mol. The Balaban J connectivity index is 1.13. The van der Waals surface area contributed by atoms with E-state index in [1.165, 1.54) is 12.1 Å². The Morgan fingerprint density at radius 2 is 1.76 bits per heavy atom. The number of benzene rings is 3. The summed E-state index contributed by atoms with van der Waals surface area (Å²) in [6.45, 7) is 5.17. The first kappa shape index (κ1) is 24.3. The van der Waals surface area contributed by atoms with Crippen molar-refractivity contribution >= 4 is 22.9 Å². The van der Waals surface area contributed by atoms with Gasteiger partial charge >= 0.3 is 0 Å². The molecule has 7 nitrogen and oxygen atoms in total. The molecule has 0 aliphatic carbocycles. The van der Waals surface area contributed by atoms with Gasteiger partial charge in [-0.25, -0.2) is 9.37 Å². The summed E-state index contributed by atoms with van der Waals surface area (Å²) in [6, 6.07) is 20.4. The number of piperidine rings is 1. The van der Waals surface area contributed by atoms with E-state index in [2.05, 4.69) is 20.9 Å². The Hall–Kier alpha value is -4.07. The Kier molecular flexibility index (Phi) is 6.62. The average Bonchev–Trinajstić information content (AvgIpc) is 3.32. The molecule has 0 spiro atoms. The summed E-state index contributed by atoms with van der Waals surface area (Å²) in [7, 11) is 0.